The second-order valence-corrected chi connectivity index (χ2v) is 10.3. The molecule has 1 atom stereocenters. The van der Waals surface area contributed by atoms with E-state index in [1.54, 1.807) is 6.92 Å². The van der Waals surface area contributed by atoms with Crippen molar-refractivity contribution >= 4 is 17.8 Å². The van der Waals surface area contributed by atoms with Gasteiger partial charge in [-0.1, -0.05) is 18.2 Å². The third kappa shape index (κ3) is 6.03. The molecule has 1 aliphatic carbocycles. The van der Waals surface area contributed by atoms with E-state index in [-0.39, 0.29) is 18.7 Å². The fourth-order valence-electron chi connectivity index (χ4n) is 5.16. The molecule has 202 valence electrons. The first-order valence-electron chi connectivity index (χ1n) is 13.6. The van der Waals surface area contributed by atoms with Gasteiger partial charge in [0.1, 0.15) is 17.6 Å². The number of benzene rings is 2. The first-order valence-corrected chi connectivity index (χ1v) is 13.6. The lowest BCUT2D eigenvalue weighted by molar-refractivity contribution is -0.151. The number of esters is 1. The van der Waals surface area contributed by atoms with E-state index >= 15 is 0 Å². The van der Waals surface area contributed by atoms with Crippen molar-refractivity contribution in [2.24, 2.45) is 11.7 Å². The van der Waals surface area contributed by atoms with E-state index in [0.29, 0.717) is 30.3 Å². The molecule has 38 heavy (non-hydrogen) atoms. The molecule has 0 aromatic heterocycles. The number of nitrogens with one attached hydrogen (secondary N) is 2. The Kier molecular flexibility index (Phi) is 7.72. The summed E-state index contributed by atoms with van der Waals surface area (Å²) >= 11 is 0. The van der Waals surface area contributed by atoms with Crippen molar-refractivity contribution in [2.45, 2.75) is 57.8 Å². The molecule has 1 saturated carbocycles. The topological polar surface area (TPSA) is 125 Å². The van der Waals surface area contributed by atoms with Crippen LogP contribution in [0.1, 0.15) is 55.4 Å². The van der Waals surface area contributed by atoms with Crippen LogP contribution in [0.25, 0.3) is 0 Å². The van der Waals surface area contributed by atoms with Crippen LogP contribution in [0.4, 0.5) is 0 Å². The Labute approximate surface area is 223 Å². The highest BCUT2D eigenvalue weighted by Crippen LogP contribution is 2.33. The molecule has 2 aromatic carbocycles. The van der Waals surface area contributed by atoms with Crippen LogP contribution in [-0.4, -0.2) is 59.9 Å². The lowest BCUT2D eigenvalue weighted by atomic mass is 9.99. The summed E-state index contributed by atoms with van der Waals surface area (Å²) in [6, 6.07) is 13.3. The summed E-state index contributed by atoms with van der Waals surface area (Å²) in [5.41, 5.74) is 8.61. The van der Waals surface area contributed by atoms with Crippen LogP contribution in [0, 0.1) is 16.7 Å². The molecule has 2 fully saturated rings. The van der Waals surface area contributed by atoms with E-state index in [1.807, 2.05) is 47.4 Å². The number of hydrogen-bond donors (Lipinski definition) is 3. The highest BCUT2D eigenvalue weighted by molar-refractivity contribution is 5.83. The SMILES string of the molecule is CCOC(=O)C(Oc1ccc2c(c1)CN(C(=N)N)CC2)c1ccc(OC2CCN(C(=N)C3CC3)CC2)cc1. The van der Waals surface area contributed by atoms with Gasteiger partial charge in [-0.2, -0.15) is 0 Å². The minimum absolute atomic E-state index is 0.0527. The Morgan fingerprint density at radius 1 is 0.974 bits per heavy atom. The average Bonchev–Trinajstić information content (AvgIpc) is 3.78. The van der Waals surface area contributed by atoms with Gasteiger partial charge in [-0.3, -0.25) is 10.8 Å². The third-order valence-corrected chi connectivity index (χ3v) is 7.52. The third-order valence-electron chi connectivity index (χ3n) is 7.52. The number of nitrogens with zero attached hydrogens (tertiary/aromatic N) is 2. The number of guanidine groups is 1. The molecule has 0 spiro atoms. The van der Waals surface area contributed by atoms with Gasteiger partial charge in [-0.15, -0.1) is 0 Å². The summed E-state index contributed by atoms with van der Waals surface area (Å²) in [5, 5.41) is 16.0. The first-order chi connectivity index (χ1) is 18.4. The monoisotopic (exact) mass is 519 g/mol. The van der Waals surface area contributed by atoms with Crippen LogP contribution in [0.2, 0.25) is 0 Å². The Morgan fingerprint density at radius 3 is 2.34 bits per heavy atom. The largest absolute Gasteiger partial charge is 0.490 e. The Hall–Kier alpha value is -3.75. The molecule has 0 bridgehead atoms. The summed E-state index contributed by atoms with van der Waals surface area (Å²) < 4.78 is 17.7. The zero-order valence-electron chi connectivity index (χ0n) is 21.9. The zero-order valence-corrected chi connectivity index (χ0v) is 21.9. The van der Waals surface area contributed by atoms with Crippen molar-refractivity contribution in [1.82, 2.24) is 9.80 Å². The molecule has 1 unspecified atom stereocenters. The number of hydrogen-bond acceptors (Lipinski definition) is 6. The number of amidine groups is 1. The molecule has 2 aromatic rings. The van der Waals surface area contributed by atoms with E-state index in [9.17, 15) is 4.79 Å². The van der Waals surface area contributed by atoms with Gasteiger partial charge in [0.25, 0.3) is 0 Å². The van der Waals surface area contributed by atoms with Gasteiger partial charge in [0.2, 0.25) is 6.10 Å². The number of ether oxygens (including phenoxy) is 3. The second kappa shape index (κ2) is 11.3. The van der Waals surface area contributed by atoms with Crippen LogP contribution >= 0.6 is 0 Å². The Morgan fingerprint density at radius 2 is 1.68 bits per heavy atom. The van der Waals surface area contributed by atoms with Crippen LogP contribution in [0.3, 0.4) is 0 Å². The molecule has 0 amide bonds. The predicted octanol–water partition coefficient (Wildman–Crippen LogP) is 3.85. The normalized spacial score (nSPS) is 18.3. The maximum absolute atomic E-state index is 12.9. The quantitative estimate of drug-likeness (QED) is 0.275. The van der Waals surface area contributed by atoms with E-state index in [4.69, 9.17) is 30.8 Å². The van der Waals surface area contributed by atoms with Gasteiger partial charge < -0.3 is 29.7 Å². The van der Waals surface area contributed by atoms with E-state index in [1.165, 1.54) is 5.56 Å². The van der Waals surface area contributed by atoms with Crippen LogP contribution in [0.15, 0.2) is 42.5 Å². The van der Waals surface area contributed by atoms with Gasteiger partial charge in [-0.25, -0.2) is 4.79 Å². The van der Waals surface area contributed by atoms with Crippen molar-refractivity contribution in [3.05, 3.63) is 59.2 Å². The lowest BCUT2D eigenvalue weighted by Gasteiger charge is -2.34. The van der Waals surface area contributed by atoms with E-state index in [0.717, 1.165) is 62.3 Å². The Bertz CT molecular complexity index is 1170. The summed E-state index contributed by atoms with van der Waals surface area (Å²) in [6.45, 7) is 5.01. The van der Waals surface area contributed by atoms with Gasteiger partial charge in [0.05, 0.1) is 12.4 Å². The number of fused-ring (bicyclic) bond motifs is 1. The van der Waals surface area contributed by atoms with Crippen molar-refractivity contribution in [3.8, 4) is 11.5 Å². The van der Waals surface area contributed by atoms with E-state index in [2.05, 4.69) is 4.90 Å². The standard InChI is InChI=1S/C29H37N5O4/c1-2-36-28(35)26(38-25-10-5-19-11-14-34(29(31)32)18-22(19)17-25)20-6-8-23(9-7-20)37-24-12-15-33(16-13-24)27(30)21-3-4-21/h5-10,17,21,24,26,30H,2-4,11-16,18H2,1H3,(H3,31,32). The number of rotatable bonds is 8. The van der Waals surface area contributed by atoms with Gasteiger partial charge >= 0.3 is 5.97 Å². The van der Waals surface area contributed by atoms with Gasteiger partial charge in [0, 0.05) is 50.5 Å². The molecule has 3 aliphatic rings. The van der Waals surface area contributed by atoms with Crippen LogP contribution in [-0.2, 0) is 22.5 Å². The van der Waals surface area contributed by atoms with Crippen LogP contribution < -0.4 is 15.2 Å². The number of carbonyl (C=O) groups excluding carboxylic acids is 1. The molecular formula is C29H37N5O4. The number of carbonyl (C=O) groups is 1. The first kappa shape index (κ1) is 25.9. The highest BCUT2D eigenvalue weighted by atomic mass is 16.6. The zero-order chi connectivity index (χ0) is 26.6. The van der Waals surface area contributed by atoms with Crippen molar-refractivity contribution < 1.29 is 19.0 Å². The molecule has 5 rings (SSSR count). The fourth-order valence-corrected chi connectivity index (χ4v) is 5.16. The number of likely N-dealkylation sites (tertiary alicyclic amines) is 1. The van der Waals surface area contributed by atoms with E-state index < -0.39 is 12.1 Å². The molecular weight excluding hydrogens is 482 g/mol. The summed E-state index contributed by atoms with van der Waals surface area (Å²) in [4.78, 5) is 16.9. The minimum atomic E-state index is -0.911. The Balaban J connectivity index is 1.24. The van der Waals surface area contributed by atoms with Crippen molar-refractivity contribution in [3.63, 3.8) is 0 Å². The minimum Gasteiger partial charge on any atom is -0.490 e. The molecule has 2 heterocycles. The maximum atomic E-state index is 12.9. The number of nitrogens with two attached hydrogens (primary N) is 1. The second-order valence-electron chi connectivity index (χ2n) is 10.3. The smallest absolute Gasteiger partial charge is 0.352 e. The summed E-state index contributed by atoms with van der Waals surface area (Å²) in [7, 11) is 0. The molecule has 1 saturated heterocycles. The average molecular weight is 520 g/mol. The molecule has 9 nitrogen and oxygen atoms in total. The van der Waals surface area contributed by atoms with Gasteiger partial charge in [-0.05, 0) is 61.6 Å². The lowest BCUT2D eigenvalue weighted by Crippen LogP contribution is -2.42. The van der Waals surface area contributed by atoms with Gasteiger partial charge in [0.15, 0.2) is 5.96 Å². The molecule has 0 radical (unpaired) electrons. The summed E-state index contributed by atoms with van der Waals surface area (Å²) in [6.07, 6.45) is 4.11. The highest BCUT2D eigenvalue weighted by Gasteiger charge is 2.32. The molecule has 4 N–H and O–H groups in total. The summed E-state index contributed by atoms with van der Waals surface area (Å²) in [5.74, 6) is 2.20. The van der Waals surface area contributed by atoms with Crippen molar-refractivity contribution in [2.75, 3.05) is 26.2 Å². The maximum Gasteiger partial charge on any atom is 0.352 e. The molecule has 9 heteroatoms. The number of piperidine rings is 1. The fraction of sp³-hybridized carbons (Fsp3) is 0.483. The van der Waals surface area contributed by atoms with Crippen molar-refractivity contribution in [1.29, 1.82) is 10.8 Å². The molecule has 2 aliphatic heterocycles. The van der Waals surface area contributed by atoms with Crippen LogP contribution in [0.5, 0.6) is 11.5 Å². The predicted molar refractivity (Wildman–Crippen MR) is 145 cm³/mol.